The highest BCUT2D eigenvalue weighted by Crippen LogP contribution is 2.22. The van der Waals surface area contributed by atoms with E-state index >= 15 is 0 Å². The van der Waals surface area contributed by atoms with Gasteiger partial charge in [0.15, 0.2) is 11.5 Å². The molecule has 1 aliphatic heterocycles. The van der Waals surface area contributed by atoms with E-state index in [1.54, 1.807) is 24.3 Å². The van der Waals surface area contributed by atoms with E-state index in [0.29, 0.717) is 41.5 Å². The molecular weight excluding hydrogens is 357 g/mol. The van der Waals surface area contributed by atoms with Gasteiger partial charge >= 0.3 is 0 Å². The molecule has 0 spiro atoms. The van der Waals surface area contributed by atoms with Crippen LogP contribution in [0.2, 0.25) is 5.02 Å². The predicted octanol–water partition coefficient (Wildman–Crippen LogP) is 1.31. The zero-order valence-corrected chi connectivity index (χ0v) is 14.8. The van der Waals surface area contributed by atoms with E-state index in [9.17, 15) is 4.79 Å². The van der Waals surface area contributed by atoms with Crippen LogP contribution in [-0.2, 0) is 16.8 Å². The summed E-state index contributed by atoms with van der Waals surface area (Å²) in [4.78, 5) is 14.3. The number of benzene rings is 1. The van der Waals surface area contributed by atoms with E-state index in [4.69, 9.17) is 33.2 Å². The molecule has 124 valence electrons. The minimum absolute atomic E-state index is 0.0347. The van der Waals surface area contributed by atoms with E-state index in [1.807, 2.05) is 4.90 Å². The number of carbonyl (C=O) groups is 1. The number of anilines is 1. The van der Waals surface area contributed by atoms with Crippen LogP contribution in [0.25, 0.3) is 0 Å². The number of hydrogen-bond acceptors (Lipinski definition) is 3. The number of carbonyl (C=O) groups excluding carboxylic acids is 1. The lowest BCUT2D eigenvalue weighted by molar-refractivity contribution is -0.113. The normalized spacial score (nSPS) is 16.7. The maximum Gasteiger partial charge on any atom is 0.269 e. The second kappa shape index (κ2) is 8.59. The van der Waals surface area contributed by atoms with Crippen molar-refractivity contribution in [3.63, 3.8) is 0 Å². The smallest absolute Gasteiger partial charge is 0.269 e. The molecule has 1 aromatic rings. The number of hydrogen-bond donors (Lipinski definition) is 3. The van der Waals surface area contributed by atoms with Gasteiger partial charge in [-0.05, 0) is 18.2 Å². The SMILES string of the molecule is [NH2+]=C/C(=C(/Cl)C(=O)Nc1cccc(Cl)c1)N1CCC([SH+]O)CC1. The van der Waals surface area contributed by atoms with Crippen molar-refractivity contribution < 1.29 is 14.8 Å². The fourth-order valence-corrected chi connectivity index (χ4v) is 3.29. The summed E-state index contributed by atoms with van der Waals surface area (Å²) in [5.41, 5.74) is 1.06. The summed E-state index contributed by atoms with van der Waals surface area (Å²) in [6, 6.07) is 6.83. The highest BCUT2D eigenvalue weighted by molar-refractivity contribution is 7.73. The third kappa shape index (κ3) is 4.88. The zero-order chi connectivity index (χ0) is 16.8. The van der Waals surface area contributed by atoms with Crippen LogP contribution in [0.5, 0.6) is 0 Å². The van der Waals surface area contributed by atoms with Crippen molar-refractivity contribution in [1.29, 1.82) is 0 Å². The second-order valence-corrected chi connectivity index (χ2v) is 6.94. The maximum absolute atomic E-state index is 12.3. The van der Waals surface area contributed by atoms with Crippen LogP contribution in [-0.4, -0.2) is 39.9 Å². The molecule has 0 aromatic heterocycles. The summed E-state index contributed by atoms with van der Waals surface area (Å²) < 4.78 is 9.17. The molecule has 0 atom stereocenters. The first kappa shape index (κ1) is 18.1. The minimum atomic E-state index is -0.437. The first-order valence-electron chi connectivity index (χ1n) is 7.16. The fourth-order valence-electron chi connectivity index (χ4n) is 2.41. The molecule has 1 fully saturated rings. The summed E-state index contributed by atoms with van der Waals surface area (Å²) in [6.45, 7) is 1.39. The van der Waals surface area contributed by atoms with Gasteiger partial charge in [-0.15, -0.1) is 0 Å². The average Bonchev–Trinajstić information content (AvgIpc) is 2.56. The molecule has 2 rings (SSSR count). The number of nitrogens with zero attached hydrogens (tertiary/aromatic N) is 1. The van der Waals surface area contributed by atoms with Crippen LogP contribution >= 0.6 is 23.2 Å². The molecule has 1 aliphatic rings. The van der Waals surface area contributed by atoms with Gasteiger partial charge in [-0.3, -0.25) is 10.2 Å². The van der Waals surface area contributed by atoms with Crippen molar-refractivity contribution >= 4 is 53.1 Å². The number of halogens is 2. The number of allylic oxidation sites excluding steroid dienone is 1. The van der Waals surface area contributed by atoms with Crippen LogP contribution in [0.15, 0.2) is 35.0 Å². The van der Waals surface area contributed by atoms with Gasteiger partial charge in [0.05, 0.1) is 0 Å². The molecule has 5 nitrogen and oxygen atoms in total. The second-order valence-electron chi connectivity index (χ2n) is 5.16. The molecule has 0 unspecified atom stereocenters. The molecule has 0 aliphatic carbocycles. The summed E-state index contributed by atoms with van der Waals surface area (Å²) in [6.07, 6.45) is 3.00. The van der Waals surface area contributed by atoms with Crippen LogP contribution in [0.1, 0.15) is 12.8 Å². The lowest BCUT2D eigenvalue weighted by Crippen LogP contribution is -2.42. The molecule has 1 amide bonds. The van der Waals surface area contributed by atoms with Gasteiger partial charge in [-0.25, -0.2) is 0 Å². The number of nitrogens with one attached hydrogen (secondary N) is 1. The van der Waals surface area contributed by atoms with Gasteiger partial charge in [-0.1, -0.05) is 29.3 Å². The Kier molecular flexibility index (Phi) is 6.77. The van der Waals surface area contributed by atoms with Crippen molar-refractivity contribution in [2.45, 2.75) is 18.1 Å². The van der Waals surface area contributed by atoms with E-state index in [2.05, 4.69) is 5.32 Å². The molecule has 8 heteroatoms. The highest BCUT2D eigenvalue weighted by atomic mass is 35.5. The third-order valence-electron chi connectivity index (χ3n) is 3.63. The van der Waals surface area contributed by atoms with Crippen molar-refractivity contribution in [2.24, 2.45) is 0 Å². The Balaban J connectivity index is 2.10. The van der Waals surface area contributed by atoms with Gasteiger partial charge in [0.1, 0.15) is 22.8 Å². The average molecular weight is 376 g/mol. The molecule has 4 N–H and O–H groups in total. The Morgan fingerprint density at radius 3 is 2.70 bits per heavy atom. The Labute approximate surface area is 149 Å². The van der Waals surface area contributed by atoms with E-state index in [1.165, 1.54) is 6.21 Å². The number of piperidine rings is 1. The summed E-state index contributed by atoms with van der Waals surface area (Å²) >= 11 is 12.5. The molecule has 1 aromatic carbocycles. The Morgan fingerprint density at radius 1 is 1.43 bits per heavy atom. The molecule has 1 heterocycles. The van der Waals surface area contributed by atoms with Gasteiger partial charge in [0.2, 0.25) is 0 Å². The summed E-state index contributed by atoms with van der Waals surface area (Å²) in [5, 5.41) is 9.19. The van der Waals surface area contributed by atoms with Crippen LogP contribution in [0, 0.1) is 0 Å². The summed E-state index contributed by atoms with van der Waals surface area (Å²) in [7, 11) is 0. The number of likely N-dealkylation sites (tertiary alicyclic amines) is 1. The topological polar surface area (TPSA) is 78.2 Å². The highest BCUT2D eigenvalue weighted by Gasteiger charge is 2.28. The quantitative estimate of drug-likeness (QED) is 0.314. The largest absolute Gasteiger partial charge is 0.365 e. The van der Waals surface area contributed by atoms with Crippen LogP contribution in [0.3, 0.4) is 0 Å². The van der Waals surface area contributed by atoms with E-state index in [0.717, 1.165) is 12.8 Å². The number of amides is 1. The van der Waals surface area contributed by atoms with Gasteiger partial charge < -0.3 is 10.2 Å². The predicted molar refractivity (Wildman–Crippen MR) is 96.9 cm³/mol. The molecule has 1 saturated heterocycles. The van der Waals surface area contributed by atoms with E-state index in [-0.39, 0.29) is 10.3 Å². The van der Waals surface area contributed by atoms with Crippen molar-refractivity contribution in [1.82, 2.24) is 4.90 Å². The molecule has 23 heavy (non-hydrogen) atoms. The maximum atomic E-state index is 12.3. The lowest BCUT2D eigenvalue weighted by atomic mass is 10.1. The van der Waals surface area contributed by atoms with Crippen molar-refractivity contribution in [3.8, 4) is 0 Å². The number of thiol groups is 1. The lowest BCUT2D eigenvalue weighted by Gasteiger charge is -2.29. The summed E-state index contributed by atoms with van der Waals surface area (Å²) in [5.74, 6) is -0.437. The zero-order valence-electron chi connectivity index (χ0n) is 12.4. The van der Waals surface area contributed by atoms with E-state index < -0.39 is 5.91 Å². The Hall–Kier alpha value is -1.21. The van der Waals surface area contributed by atoms with Crippen molar-refractivity contribution in [2.75, 3.05) is 18.4 Å². The van der Waals surface area contributed by atoms with Crippen LogP contribution < -0.4 is 10.7 Å². The molecular formula is C15H19Cl2N3O2S+2. The monoisotopic (exact) mass is 375 g/mol. The first-order valence-corrected chi connectivity index (χ1v) is 8.83. The Morgan fingerprint density at radius 2 is 2.13 bits per heavy atom. The fraction of sp³-hybridized carbons (Fsp3) is 0.333. The molecule has 0 saturated carbocycles. The van der Waals surface area contributed by atoms with Gasteiger partial charge in [0.25, 0.3) is 5.91 Å². The number of rotatable bonds is 5. The van der Waals surface area contributed by atoms with Crippen LogP contribution in [0.4, 0.5) is 5.69 Å². The first-order chi connectivity index (χ1) is 11.0. The molecule has 0 radical (unpaired) electrons. The van der Waals surface area contributed by atoms with Crippen molar-refractivity contribution in [3.05, 3.63) is 40.0 Å². The third-order valence-corrected chi connectivity index (χ3v) is 5.08. The number of nitrogens with two attached hydrogens (primary N) is 1. The standard InChI is InChI=1S/C15H17Cl2N3O2S/c16-10-2-1-3-11(8-10)19-15(21)14(17)13(9-18)20-6-4-12(23-22)5-7-20/h1-3,8-9,12,18,22H,4-7H2,(H,19,21)/p+2/b14-13-,18-9?. The van der Waals surface area contributed by atoms with Gasteiger partial charge in [0, 0.05) is 36.6 Å². The minimum Gasteiger partial charge on any atom is -0.365 e. The Bertz CT molecular complexity index is 616. The van der Waals surface area contributed by atoms with Gasteiger partial charge in [-0.2, -0.15) is 4.55 Å². The molecule has 0 bridgehead atoms.